The molecule has 2 unspecified atom stereocenters. The summed E-state index contributed by atoms with van der Waals surface area (Å²) in [7, 11) is 1.36. The average Bonchev–Trinajstić information content (AvgIpc) is 2.34. The van der Waals surface area contributed by atoms with E-state index in [0.29, 0.717) is 6.42 Å². The zero-order valence-electron chi connectivity index (χ0n) is 10.8. The summed E-state index contributed by atoms with van der Waals surface area (Å²) in [6, 6.07) is -0.535. The molecule has 0 aliphatic heterocycles. The predicted octanol–water partition coefficient (Wildman–Crippen LogP) is 2.24. The maximum absolute atomic E-state index is 11.1. The van der Waals surface area contributed by atoms with Crippen molar-refractivity contribution in [1.29, 1.82) is 0 Å². The first-order valence-corrected chi connectivity index (χ1v) is 7.28. The minimum absolute atomic E-state index is 0.177. The summed E-state index contributed by atoms with van der Waals surface area (Å²) in [4.78, 5) is 11.1. The molecule has 5 heteroatoms. The molecule has 0 saturated heterocycles. The molecule has 0 radical (unpaired) electrons. The van der Waals surface area contributed by atoms with E-state index >= 15 is 0 Å². The zero-order valence-corrected chi connectivity index (χ0v) is 12.4. The van der Waals surface area contributed by atoms with Gasteiger partial charge >= 0.3 is 5.97 Å². The van der Waals surface area contributed by atoms with E-state index in [4.69, 9.17) is 10.5 Å². The van der Waals surface area contributed by atoms with Crippen molar-refractivity contribution < 1.29 is 14.3 Å². The number of hydrogen-bond acceptors (Lipinski definition) is 4. The number of ether oxygens (including phenoxy) is 2. The van der Waals surface area contributed by atoms with Gasteiger partial charge in [-0.2, -0.15) is 0 Å². The summed E-state index contributed by atoms with van der Waals surface area (Å²) in [5.74, 6) is -0.351. The first-order chi connectivity index (χ1) is 8.15. The van der Waals surface area contributed by atoms with Gasteiger partial charge in [0.15, 0.2) is 0 Å². The van der Waals surface area contributed by atoms with Gasteiger partial charge in [0, 0.05) is 11.9 Å². The van der Waals surface area contributed by atoms with Crippen molar-refractivity contribution in [1.82, 2.24) is 0 Å². The van der Waals surface area contributed by atoms with Crippen LogP contribution in [0, 0.1) is 0 Å². The number of carbonyl (C=O) groups excluding carboxylic acids is 1. The van der Waals surface area contributed by atoms with Gasteiger partial charge in [0.1, 0.15) is 6.04 Å². The largest absolute Gasteiger partial charge is 0.468 e. The van der Waals surface area contributed by atoms with Gasteiger partial charge in [-0.05, 0) is 25.7 Å². The van der Waals surface area contributed by atoms with Crippen molar-refractivity contribution in [3.05, 3.63) is 0 Å². The molecule has 0 aromatic carbocycles. The van der Waals surface area contributed by atoms with Crippen molar-refractivity contribution in [3.8, 4) is 0 Å². The Hall–Kier alpha value is -0.130. The Morgan fingerprint density at radius 1 is 1.35 bits per heavy atom. The van der Waals surface area contributed by atoms with E-state index in [1.165, 1.54) is 7.11 Å². The van der Waals surface area contributed by atoms with Crippen LogP contribution in [-0.2, 0) is 14.3 Å². The van der Waals surface area contributed by atoms with E-state index in [0.717, 1.165) is 37.6 Å². The molecule has 0 fully saturated rings. The Bertz CT molecular complexity index is 202. The van der Waals surface area contributed by atoms with Crippen LogP contribution >= 0.6 is 15.9 Å². The van der Waals surface area contributed by atoms with Crippen LogP contribution in [0.15, 0.2) is 0 Å². The lowest BCUT2D eigenvalue weighted by Crippen LogP contribution is -2.32. The van der Waals surface area contributed by atoms with Crippen LogP contribution in [0.4, 0.5) is 0 Å². The van der Waals surface area contributed by atoms with Crippen LogP contribution in [0.5, 0.6) is 0 Å². The first kappa shape index (κ1) is 16.9. The van der Waals surface area contributed by atoms with Crippen LogP contribution in [0.25, 0.3) is 0 Å². The highest BCUT2D eigenvalue weighted by Gasteiger charge is 2.16. The smallest absolute Gasteiger partial charge is 0.322 e. The maximum Gasteiger partial charge on any atom is 0.322 e. The number of halogens is 1. The molecule has 0 bridgehead atoms. The highest BCUT2D eigenvalue weighted by molar-refractivity contribution is 9.09. The predicted molar refractivity (Wildman–Crippen MR) is 72.3 cm³/mol. The van der Waals surface area contributed by atoms with Crippen molar-refractivity contribution in [2.24, 2.45) is 5.73 Å². The number of alkyl halides is 1. The van der Waals surface area contributed by atoms with Gasteiger partial charge in [-0.15, -0.1) is 0 Å². The second-order valence-electron chi connectivity index (χ2n) is 4.03. The second kappa shape index (κ2) is 11.0. The van der Waals surface area contributed by atoms with Gasteiger partial charge in [0.05, 0.1) is 13.2 Å². The van der Waals surface area contributed by atoms with Crippen molar-refractivity contribution in [3.63, 3.8) is 0 Å². The van der Waals surface area contributed by atoms with E-state index in [2.05, 4.69) is 27.6 Å². The summed E-state index contributed by atoms with van der Waals surface area (Å²) < 4.78 is 10.3. The Labute approximate surface area is 112 Å². The number of carbonyl (C=O) groups is 1. The first-order valence-electron chi connectivity index (χ1n) is 6.16. The van der Waals surface area contributed by atoms with E-state index < -0.39 is 6.04 Å². The highest BCUT2D eigenvalue weighted by Crippen LogP contribution is 2.11. The number of nitrogens with two attached hydrogens (primary N) is 1. The van der Waals surface area contributed by atoms with Crippen molar-refractivity contribution in [2.45, 2.75) is 51.2 Å². The Morgan fingerprint density at radius 3 is 2.59 bits per heavy atom. The molecule has 0 aromatic rings. The molecular weight excluding hydrogens is 286 g/mol. The number of esters is 1. The molecule has 2 N–H and O–H groups in total. The third kappa shape index (κ3) is 8.57. The molecule has 0 aliphatic carbocycles. The minimum Gasteiger partial charge on any atom is -0.468 e. The summed E-state index contributed by atoms with van der Waals surface area (Å²) in [5, 5.41) is 0.900. The molecule has 0 saturated carbocycles. The second-order valence-corrected chi connectivity index (χ2v) is 4.82. The Morgan fingerprint density at radius 2 is 2.06 bits per heavy atom. The third-order valence-electron chi connectivity index (χ3n) is 2.59. The van der Waals surface area contributed by atoms with Crippen LogP contribution in [0.3, 0.4) is 0 Å². The van der Waals surface area contributed by atoms with Gasteiger partial charge in [-0.25, -0.2) is 0 Å². The van der Waals surface area contributed by atoms with Gasteiger partial charge in [0.25, 0.3) is 0 Å². The van der Waals surface area contributed by atoms with E-state index in [1.807, 2.05) is 0 Å². The number of methoxy groups -OCH3 is 1. The maximum atomic E-state index is 11.1. The topological polar surface area (TPSA) is 61.5 Å². The molecule has 0 heterocycles. The van der Waals surface area contributed by atoms with Crippen LogP contribution in [0.1, 0.15) is 39.0 Å². The standard InChI is InChI=1S/C12H24BrNO3/c1-3-4-9-17-10(7-8-13)5-6-11(14)12(15)16-2/h10-11H,3-9,14H2,1-2H3. The summed E-state index contributed by atoms with van der Waals surface area (Å²) in [5.41, 5.74) is 5.69. The molecule has 102 valence electrons. The summed E-state index contributed by atoms with van der Waals surface area (Å²) in [6.07, 6.45) is 4.72. The van der Waals surface area contributed by atoms with Gasteiger partial charge in [0.2, 0.25) is 0 Å². The molecule has 17 heavy (non-hydrogen) atoms. The average molecular weight is 310 g/mol. The molecule has 4 nitrogen and oxygen atoms in total. The lowest BCUT2D eigenvalue weighted by atomic mass is 10.1. The minimum atomic E-state index is -0.535. The lowest BCUT2D eigenvalue weighted by molar-refractivity contribution is -0.142. The molecule has 0 amide bonds. The zero-order chi connectivity index (χ0) is 13.1. The molecule has 0 spiro atoms. The van der Waals surface area contributed by atoms with Crippen LogP contribution < -0.4 is 5.73 Å². The molecule has 0 rings (SSSR count). The van der Waals surface area contributed by atoms with Crippen molar-refractivity contribution >= 4 is 21.9 Å². The third-order valence-corrected chi connectivity index (χ3v) is 3.04. The SMILES string of the molecule is CCCCOC(CCBr)CCC(N)C(=O)OC. The van der Waals surface area contributed by atoms with Gasteiger partial charge < -0.3 is 15.2 Å². The monoisotopic (exact) mass is 309 g/mol. The van der Waals surface area contributed by atoms with Gasteiger partial charge in [-0.1, -0.05) is 29.3 Å². The van der Waals surface area contributed by atoms with E-state index in [1.54, 1.807) is 0 Å². The fourth-order valence-corrected chi connectivity index (χ4v) is 1.97. The number of rotatable bonds is 10. The Kier molecular flexibility index (Phi) is 10.9. The molecular formula is C12H24BrNO3. The van der Waals surface area contributed by atoms with Crippen molar-refractivity contribution in [2.75, 3.05) is 19.0 Å². The fraction of sp³-hybridized carbons (Fsp3) is 0.917. The molecule has 0 aromatic heterocycles. The van der Waals surface area contributed by atoms with E-state index in [-0.39, 0.29) is 12.1 Å². The Balaban J connectivity index is 3.86. The lowest BCUT2D eigenvalue weighted by Gasteiger charge is -2.18. The van der Waals surface area contributed by atoms with Crippen LogP contribution in [-0.4, -0.2) is 37.2 Å². The van der Waals surface area contributed by atoms with E-state index in [9.17, 15) is 4.79 Å². The summed E-state index contributed by atoms with van der Waals surface area (Å²) in [6.45, 7) is 2.91. The normalized spacial score (nSPS) is 14.4. The quantitative estimate of drug-likeness (QED) is 0.382. The van der Waals surface area contributed by atoms with Crippen LogP contribution in [0.2, 0.25) is 0 Å². The number of hydrogen-bond donors (Lipinski definition) is 1. The van der Waals surface area contributed by atoms with Gasteiger partial charge in [-0.3, -0.25) is 4.79 Å². The molecule has 2 atom stereocenters. The fourth-order valence-electron chi connectivity index (χ4n) is 1.46. The summed E-state index contributed by atoms with van der Waals surface area (Å²) >= 11 is 3.41. The number of unbranched alkanes of at least 4 members (excludes halogenated alkanes) is 1. The highest BCUT2D eigenvalue weighted by atomic mass is 79.9. The molecule has 0 aliphatic rings.